The van der Waals surface area contributed by atoms with Gasteiger partial charge in [0.2, 0.25) is 11.8 Å². The van der Waals surface area contributed by atoms with Crippen LogP contribution in [-0.2, 0) is 23.7 Å². The normalized spacial score (nSPS) is 20.8. The number of nitrogens with zero attached hydrogens (tertiary/aromatic N) is 4. The number of rotatable bonds is 7. The van der Waals surface area contributed by atoms with E-state index in [1.165, 1.54) is 11.1 Å². The van der Waals surface area contributed by atoms with E-state index in [0.717, 1.165) is 47.0 Å². The second kappa shape index (κ2) is 9.61. The number of pyridine rings is 2. The molecule has 4 aromatic heterocycles. The Morgan fingerprint density at radius 1 is 0.909 bits per heavy atom. The lowest BCUT2D eigenvalue weighted by Crippen LogP contribution is -2.16. The van der Waals surface area contributed by atoms with Crippen molar-refractivity contribution in [2.45, 2.75) is 33.1 Å². The van der Waals surface area contributed by atoms with Crippen LogP contribution in [0.15, 0.2) is 60.4 Å². The lowest BCUT2D eigenvalue weighted by molar-refractivity contribution is -0.118. The summed E-state index contributed by atoms with van der Waals surface area (Å²) in [6, 6.07) is 13.5. The molecule has 4 heterocycles. The lowest BCUT2D eigenvalue weighted by Gasteiger charge is -2.07. The van der Waals surface area contributed by atoms with Crippen LogP contribution in [0.1, 0.15) is 37.4 Å². The molecule has 8 nitrogen and oxygen atoms in total. The monoisotopic (exact) mass is 588 g/mol. The molecule has 0 radical (unpaired) electrons. The SMILES string of the molecule is CC1=C(c2cc3cc(NC(=O)C4CC4)ncc3n2C)C1C1CC1C(=O)Nc1cc2c(F)c(-c3ccccc3C)n(C)c2cn1. The van der Waals surface area contributed by atoms with Crippen molar-refractivity contribution < 1.29 is 14.0 Å². The van der Waals surface area contributed by atoms with Crippen molar-refractivity contribution in [1.82, 2.24) is 19.1 Å². The quantitative estimate of drug-likeness (QED) is 0.224. The summed E-state index contributed by atoms with van der Waals surface area (Å²) < 4.78 is 19.7. The molecule has 3 aliphatic carbocycles. The minimum Gasteiger partial charge on any atom is -0.343 e. The topological polar surface area (TPSA) is 93.8 Å². The highest BCUT2D eigenvalue weighted by Crippen LogP contribution is 2.61. The van der Waals surface area contributed by atoms with Crippen LogP contribution in [0.5, 0.6) is 0 Å². The summed E-state index contributed by atoms with van der Waals surface area (Å²) in [5, 5.41) is 7.36. The van der Waals surface area contributed by atoms with Gasteiger partial charge in [-0.25, -0.2) is 14.4 Å². The van der Waals surface area contributed by atoms with E-state index in [1.807, 2.05) is 62.1 Å². The van der Waals surface area contributed by atoms with Crippen molar-refractivity contribution in [2.75, 3.05) is 10.6 Å². The number of carbonyl (C=O) groups is 2. The van der Waals surface area contributed by atoms with Crippen LogP contribution >= 0.6 is 0 Å². The van der Waals surface area contributed by atoms with E-state index in [2.05, 4.69) is 38.2 Å². The summed E-state index contributed by atoms with van der Waals surface area (Å²) in [7, 11) is 3.87. The number of benzene rings is 1. The molecule has 8 rings (SSSR count). The average molecular weight is 589 g/mol. The molecule has 0 bridgehead atoms. The van der Waals surface area contributed by atoms with Gasteiger partial charge in [-0.15, -0.1) is 0 Å². The number of aryl methyl sites for hydroxylation is 3. The van der Waals surface area contributed by atoms with Crippen molar-refractivity contribution in [3.8, 4) is 11.3 Å². The Labute approximate surface area is 254 Å². The van der Waals surface area contributed by atoms with Crippen molar-refractivity contribution in [2.24, 2.45) is 37.8 Å². The highest BCUT2D eigenvalue weighted by molar-refractivity contribution is 5.99. The molecule has 2 N–H and O–H groups in total. The molecule has 3 unspecified atom stereocenters. The molecule has 1 aromatic carbocycles. The van der Waals surface area contributed by atoms with E-state index in [9.17, 15) is 9.59 Å². The second-order valence-electron chi connectivity index (χ2n) is 12.7. The van der Waals surface area contributed by atoms with Crippen LogP contribution in [0, 0.1) is 36.4 Å². The van der Waals surface area contributed by atoms with E-state index < -0.39 is 0 Å². The Morgan fingerprint density at radius 2 is 1.61 bits per heavy atom. The number of fused-ring (bicyclic) bond motifs is 2. The zero-order valence-corrected chi connectivity index (χ0v) is 25.1. The molecule has 5 aromatic rings. The van der Waals surface area contributed by atoms with Crippen LogP contribution in [0.2, 0.25) is 0 Å². The molecule has 2 fully saturated rings. The summed E-state index contributed by atoms with van der Waals surface area (Å²) in [6.45, 7) is 4.11. The summed E-state index contributed by atoms with van der Waals surface area (Å²) in [4.78, 5) is 34.4. The minimum absolute atomic E-state index is 0.0444. The standard InChI is InChI=1S/C35H33FN6O2/c1-17-7-5-6-8-21(17)33-32(36)24-14-29(38-16-27(24)42(33)4)40-35(44)23-13-22(23)30-18(2)31(30)25-11-20-12-28(37-15-26(20)41(25)3)39-34(43)19-9-10-19/h5-8,11-12,14-16,19,22-23,30H,9-10,13H2,1-4H3,(H,37,39,43)(H,38,40,44). The Balaban J connectivity index is 0.971. The Morgan fingerprint density at radius 3 is 2.36 bits per heavy atom. The van der Waals surface area contributed by atoms with Gasteiger partial charge in [0.25, 0.3) is 0 Å². The number of carbonyl (C=O) groups excluding carboxylic acids is 2. The largest absolute Gasteiger partial charge is 0.343 e. The molecule has 3 aliphatic rings. The number of aromatic nitrogens is 4. The second-order valence-corrected chi connectivity index (χ2v) is 12.7. The predicted octanol–water partition coefficient (Wildman–Crippen LogP) is 6.60. The first-order valence-electron chi connectivity index (χ1n) is 15.2. The summed E-state index contributed by atoms with van der Waals surface area (Å²) in [5.41, 5.74) is 7.72. The third-order valence-corrected chi connectivity index (χ3v) is 9.80. The maximum absolute atomic E-state index is 15.7. The van der Waals surface area contributed by atoms with E-state index >= 15 is 4.39 Å². The van der Waals surface area contributed by atoms with Crippen LogP contribution < -0.4 is 10.6 Å². The molecular weight excluding hydrogens is 555 g/mol. The number of amides is 2. The first kappa shape index (κ1) is 26.8. The van der Waals surface area contributed by atoms with Crippen LogP contribution in [-0.4, -0.2) is 30.9 Å². The van der Waals surface area contributed by atoms with Gasteiger partial charge in [0.1, 0.15) is 11.6 Å². The molecule has 0 spiro atoms. The van der Waals surface area contributed by atoms with Gasteiger partial charge < -0.3 is 19.8 Å². The van der Waals surface area contributed by atoms with Gasteiger partial charge >= 0.3 is 0 Å². The number of hydrogen-bond donors (Lipinski definition) is 2. The van der Waals surface area contributed by atoms with Crippen LogP contribution in [0.25, 0.3) is 38.6 Å². The van der Waals surface area contributed by atoms with Crippen molar-refractivity contribution >= 4 is 50.8 Å². The molecule has 44 heavy (non-hydrogen) atoms. The highest BCUT2D eigenvalue weighted by Gasteiger charge is 2.55. The zero-order chi connectivity index (χ0) is 30.4. The number of allylic oxidation sites excluding steroid dienone is 2. The minimum atomic E-state index is -0.316. The third kappa shape index (κ3) is 4.24. The summed E-state index contributed by atoms with van der Waals surface area (Å²) in [5.74, 6) is 1.10. The average Bonchev–Trinajstić information content (AvgIpc) is 3.92. The summed E-state index contributed by atoms with van der Waals surface area (Å²) in [6.07, 6.45) is 6.14. The van der Waals surface area contributed by atoms with Crippen LogP contribution in [0.4, 0.5) is 16.0 Å². The zero-order valence-electron chi connectivity index (χ0n) is 25.1. The first-order valence-corrected chi connectivity index (χ1v) is 15.2. The predicted molar refractivity (Wildman–Crippen MR) is 169 cm³/mol. The van der Waals surface area contributed by atoms with Gasteiger partial charge in [0.15, 0.2) is 5.82 Å². The number of nitrogens with one attached hydrogen (secondary N) is 2. The third-order valence-electron chi connectivity index (χ3n) is 9.80. The van der Waals surface area contributed by atoms with Crippen molar-refractivity contribution in [1.29, 1.82) is 0 Å². The molecule has 9 heteroatoms. The fourth-order valence-electron chi connectivity index (χ4n) is 6.98. The number of halogens is 1. The first-order chi connectivity index (χ1) is 21.2. The van der Waals surface area contributed by atoms with Crippen molar-refractivity contribution in [3.05, 3.63) is 77.5 Å². The molecule has 3 atom stereocenters. The Kier molecular flexibility index (Phi) is 5.85. The van der Waals surface area contributed by atoms with Gasteiger partial charge in [0, 0.05) is 53.9 Å². The van der Waals surface area contributed by atoms with Gasteiger partial charge in [0.05, 0.1) is 29.1 Å². The Hall–Kier alpha value is -4.79. The molecule has 2 amide bonds. The van der Waals surface area contributed by atoms with Gasteiger partial charge in [-0.2, -0.15) is 0 Å². The van der Waals surface area contributed by atoms with Gasteiger partial charge in [-0.3, -0.25) is 9.59 Å². The maximum Gasteiger partial charge on any atom is 0.228 e. The fourth-order valence-corrected chi connectivity index (χ4v) is 6.98. The molecule has 0 saturated heterocycles. The van der Waals surface area contributed by atoms with E-state index in [4.69, 9.17) is 0 Å². The fraction of sp³-hybridized carbons (Fsp3) is 0.314. The smallest absolute Gasteiger partial charge is 0.228 e. The lowest BCUT2D eigenvalue weighted by atomic mass is 10.1. The number of anilines is 2. The maximum atomic E-state index is 15.7. The van der Waals surface area contributed by atoms with E-state index in [1.54, 1.807) is 12.3 Å². The highest BCUT2D eigenvalue weighted by atomic mass is 19.1. The van der Waals surface area contributed by atoms with Crippen LogP contribution in [0.3, 0.4) is 0 Å². The van der Waals surface area contributed by atoms with Crippen molar-refractivity contribution in [3.63, 3.8) is 0 Å². The molecule has 0 aliphatic heterocycles. The van der Waals surface area contributed by atoms with Gasteiger partial charge in [-0.1, -0.05) is 29.8 Å². The van der Waals surface area contributed by atoms with Gasteiger partial charge in [-0.05, 0) is 68.4 Å². The van der Waals surface area contributed by atoms with E-state index in [0.29, 0.717) is 28.2 Å². The Bertz CT molecular complexity index is 2080. The molecular formula is C35H33FN6O2. The summed E-state index contributed by atoms with van der Waals surface area (Å²) >= 11 is 0. The van der Waals surface area contributed by atoms with E-state index in [-0.39, 0.29) is 41.3 Å². The molecule has 222 valence electrons. The molecule has 2 saturated carbocycles. The number of hydrogen-bond acceptors (Lipinski definition) is 4.